The van der Waals surface area contributed by atoms with E-state index in [1.807, 2.05) is 0 Å². The van der Waals surface area contributed by atoms with Gasteiger partial charge in [0.25, 0.3) is 5.91 Å². The largest absolute Gasteiger partial charge is 0.460 e. The van der Waals surface area contributed by atoms with Crippen LogP contribution in [0.4, 0.5) is 4.39 Å². The normalized spacial score (nSPS) is 21.0. The lowest BCUT2D eigenvalue weighted by atomic mass is 9.93. The van der Waals surface area contributed by atoms with Crippen molar-refractivity contribution in [3.8, 4) is 6.01 Å². The molecular weight excluding hydrogens is 303 g/mol. The number of hydrogen-bond acceptors (Lipinski definition) is 6. The van der Waals surface area contributed by atoms with Crippen LogP contribution in [0.25, 0.3) is 0 Å². The van der Waals surface area contributed by atoms with E-state index in [4.69, 9.17) is 4.74 Å². The molecule has 3 rings (SSSR count). The van der Waals surface area contributed by atoms with Gasteiger partial charge >= 0.3 is 6.01 Å². The third kappa shape index (κ3) is 3.99. The number of nitrogens with one attached hydrogen (secondary N) is 1. The molecule has 1 saturated carbocycles. The number of ether oxygens (including phenoxy) is 1. The first-order chi connectivity index (χ1) is 11.1. The van der Waals surface area contributed by atoms with Crippen LogP contribution in [0.2, 0.25) is 0 Å². The highest BCUT2D eigenvalue weighted by Gasteiger charge is 2.25. The van der Waals surface area contributed by atoms with Crippen molar-refractivity contribution in [3.05, 3.63) is 30.1 Å². The fourth-order valence-corrected chi connectivity index (χ4v) is 2.55. The number of carbonyl (C=O) groups excluding carboxylic acids is 1. The van der Waals surface area contributed by atoms with Crippen molar-refractivity contribution in [2.75, 3.05) is 0 Å². The van der Waals surface area contributed by atoms with E-state index in [2.05, 4.69) is 25.6 Å². The maximum absolute atomic E-state index is 12.7. The number of halogens is 1. The predicted octanol–water partition coefficient (Wildman–Crippen LogP) is 0.864. The Balaban J connectivity index is 1.46. The van der Waals surface area contributed by atoms with Gasteiger partial charge in [-0.05, 0) is 25.7 Å². The molecule has 2 aromatic heterocycles. The molecule has 0 saturated heterocycles. The first kappa shape index (κ1) is 15.3. The molecule has 1 amide bonds. The second-order valence-corrected chi connectivity index (χ2v) is 5.53. The summed E-state index contributed by atoms with van der Waals surface area (Å²) in [5.74, 6) is -0.711. The minimum Gasteiger partial charge on any atom is -0.460 e. The first-order valence-corrected chi connectivity index (χ1v) is 7.41. The molecule has 1 fully saturated rings. The van der Waals surface area contributed by atoms with Crippen molar-refractivity contribution in [2.24, 2.45) is 7.05 Å². The molecule has 2 heterocycles. The first-order valence-electron chi connectivity index (χ1n) is 7.41. The Bertz CT molecular complexity index is 666. The number of aryl methyl sites for hydroxylation is 1. The number of rotatable bonds is 4. The van der Waals surface area contributed by atoms with Crippen LogP contribution in [-0.4, -0.2) is 43.0 Å². The molecule has 1 aliphatic carbocycles. The number of aromatic nitrogens is 5. The highest BCUT2D eigenvalue weighted by molar-refractivity contribution is 5.92. The van der Waals surface area contributed by atoms with Gasteiger partial charge in [0.15, 0.2) is 11.5 Å². The van der Waals surface area contributed by atoms with E-state index in [1.54, 1.807) is 13.2 Å². The van der Waals surface area contributed by atoms with Crippen LogP contribution in [-0.2, 0) is 7.05 Å². The lowest BCUT2D eigenvalue weighted by molar-refractivity contribution is 0.0880. The Labute approximate surface area is 132 Å². The molecule has 1 aliphatic rings. The molecule has 0 spiro atoms. The van der Waals surface area contributed by atoms with Crippen molar-refractivity contribution in [1.29, 1.82) is 0 Å². The lowest BCUT2D eigenvalue weighted by Gasteiger charge is -2.28. The smallest absolute Gasteiger partial charge is 0.316 e. The molecule has 0 aromatic carbocycles. The Hall–Kier alpha value is -2.58. The Morgan fingerprint density at radius 3 is 2.61 bits per heavy atom. The molecule has 8 nitrogen and oxygen atoms in total. The van der Waals surface area contributed by atoms with E-state index in [0.717, 1.165) is 38.1 Å². The van der Waals surface area contributed by atoms with E-state index in [1.165, 1.54) is 4.68 Å². The molecule has 23 heavy (non-hydrogen) atoms. The van der Waals surface area contributed by atoms with Crippen LogP contribution in [0, 0.1) is 5.82 Å². The molecule has 9 heteroatoms. The highest BCUT2D eigenvalue weighted by atomic mass is 19.1. The number of carbonyl (C=O) groups is 1. The second kappa shape index (κ2) is 6.67. The summed E-state index contributed by atoms with van der Waals surface area (Å²) < 4.78 is 19.9. The van der Waals surface area contributed by atoms with E-state index < -0.39 is 5.82 Å². The molecule has 2 aromatic rings. The summed E-state index contributed by atoms with van der Waals surface area (Å²) in [7, 11) is 1.71. The molecule has 0 bridgehead atoms. The maximum Gasteiger partial charge on any atom is 0.316 e. The summed E-state index contributed by atoms with van der Waals surface area (Å²) >= 11 is 0. The predicted molar refractivity (Wildman–Crippen MR) is 77.1 cm³/mol. The average molecular weight is 320 g/mol. The fraction of sp³-hybridized carbons (Fsp3) is 0.500. The van der Waals surface area contributed by atoms with Gasteiger partial charge < -0.3 is 10.1 Å². The molecule has 0 radical (unpaired) electrons. The van der Waals surface area contributed by atoms with Crippen LogP contribution >= 0.6 is 0 Å². The fourth-order valence-electron chi connectivity index (χ4n) is 2.55. The minimum absolute atomic E-state index is 0.0230. The maximum atomic E-state index is 12.7. The minimum atomic E-state index is -0.493. The van der Waals surface area contributed by atoms with Gasteiger partial charge in [-0.25, -0.2) is 14.4 Å². The summed E-state index contributed by atoms with van der Waals surface area (Å²) in [5.41, 5.74) is 0.311. The summed E-state index contributed by atoms with van der Waals surface area (Å²) in [4.78, 5) is 19.6. The van der Waals surface area contributed by atoms with E-state index in [-0.39, 0.29) is 24.1 Å². The summed E-state index contributed by atoms with van der Waals surface area (Å²) in [6, 6.07) is 0.261. The molecule has 0 aliphatic heterocycles. The summed E-state index contributed by atoms with van der Waals surface area (Å²) in [6.07, 6.45) is 6.83. The Morgan fingerprint density at radius 2 is 2.00 bits per heavy atom. The van der Waals surface area contributed by atoms with Gasteiger partial charge in [0.1, 0.15) is 6.10 Å². The van der Waals surface area contributed by atoms with Crippen LogP contribution in [0.3, 0.4) is 0 Å². The van der Waals surface area contributed by atoms with E-state index in [9.17, 15) is 9.18 Å². The van der Waals surface area contributed by atoms with Crippen molar-refractivity contribution in [3.63, 3.8) is 0 Å². The zero-order valence-electron chi connectivity index (χ0n) is 12.6. The van der Waals surface area contributed by atoms with Crippen molar-refractivity contribution in [1.82, 2.24) is 30.3 Å². The van der Waals surface area contributed by atoms with Crippen molar-refractivity contribution < 1.29 is 13.9 Å². The monoisotopic (exact) mass is 320 g/mol. The van der Waals surface area contributed by atoms with Gasteiger partial charge in [0.2, 0.25) is 0 Å². The molecule has 1 N–H and O–H groups in total. The van der Waals surface area contributed by atoms with Crippen molar-refractivity contribution in [2.45, 2.75) is 37.8 Å². The third-order valence-electron chi connectivity index (χ3n) is 3.71. The zero-order chi connectivity index (χ0) is 16.2. The topological polar surface area (TPSA) is 94.8 Å². The number of amides is 1. The SMILES string of the molecule is Cn1cc(C(=O)NC2CCC(Oc3ncc(F)cn3)CC2)nn1. The number of hydrogen-bond donors (Lipinski definition) is 1. The van der Waals surface area contributed by atoms with Crippen molar-refractivity contribution >= 4 is 5.91 Å². The Morgan fingerprint density at radius 1 is 1.30 bits per heavy atom. The van der Waals surface area contributed by atoms with Gasteiger partial charge in [0.05, 0.1) is 18.6 Å². The standard InChI is InChI=1S/C14H17FN6O2/c1-21-8-12(19-20-21)13(22)18-10-2-4-11(5-3-10)23-14-16-6-9(15)7-17-14/h6-8,10-11H,2-5H2,1H3,(H,18,22). The van der Waals surface area contributed by atoms with Gasteiger partial charge in [-0.2, -0.15) is 0 Å². The van der Waals surface area contributed by atoms with Gasteiger partial charge in [0, 0.05) is 13.1 Å². The quantitative estimate of drug-likeness (QED) is 0.898. The molecule has 122 valence electrons. The van der Waals surface area contributed by atoms with Crippen LogP contribution in [0.15, 0.2) is 18.6 Å². The summed E-state index contributed by atoms with van der Waals surface area (Å²) in [6.45, 7) is 0. The number of nitrogens with zero attached hydrogens (tertiary/aromatic N) is 5. The third-order valence-corrected chi connectivity index (χ3v) is 3.71. The second-order valence-electron chi connectivity index (χ2n) is 5.53. The average Bonchev–Trinajstić information content (AvgIpc) is 2.98. The van der Waals surface area contributed by atoms with Gasteiger partial charge in [-0.3, -0.25) is 9.48 Å². The Kier molecular flexibility index (Phi) is 4.45. The van der Waals surface area contributed by atoms with Crippen LogP contribution in [0.5, 0.6) is 6.01 Å². The van der Waals surface area contributed by atoms with Gasteiger partial charge in [-0.15, -0.1) is 5.10 Å². The molecule has 0 unspecified atom stereocenters. The lowest BCUT2D eigenvalue weighted by Crippen LogP contribution is -2.40. The molecule has 0 atom stereocenters. The van der Waals surface area contributed by atoms with E-state index >= 15 is 0 Å². The zero-order valence-corrected chi connectivity index (χ0v) is 12.6. The molecular formula is C14H17FN6O2. The highest BCUT2D eigenvalue weighted by Crippen LogP contribution is 2.22. The van der Waals surface area contributed by atoms with Crippen LogP contribution < -0.4 is 10.1 Å². The van der Waals surface area contributed by atoms with E-state index in [0.29, 0.717) is 5.69 Å². The van der Waals surface area contributed by atoms with Gasteiger partial charge in [-0.1, -0.05) is 5.21 Å². The van der Waals surface area contributed by atoms with Crippen LogP contribution in [0.1, 0.15) is 36.2 Å². The summed E-state index contributed by atoms with van der Waals surface area (Å²) in [5, 5.41) is 10.5.